The number of likely N-dealkylation sites (tertiary alicyclic amines) is 1. The number of nitrogens with one attached hydrogen (secondary N) is 1. The van der Waals surface area contributed by atoms with Crippen LogP contribution in [0.4, 0.5) is 5.69 Å². The van der Waals surface area contributed by atoms with Crippen molar-refractivity contribution in [2.45, 2.75) is 39.5 Å². The average Bonchev–Trinajstić information content (AvgIpc) is 2.47. The number of hydrazine groups is 1. The highest BCUT2D eigenvalue weighted by Gasteiger charge is 2.24. The first-order valence-corrected chi connectivity index (χ1v) is 7.52. The van der Waals surface area contributed by atoms with E-state index in [0.717, 1.165) is 37.4 Å². The van der Waals surface area contributed by atoms with Gasteiger partial charge in [-0.15, -0.1) is 0 Å². The van der Waals surface area contributed by atoms with Crippen molar-refractivity contribution >= 4 is 11.6 Å². The number of carbonyl (C=O) groups is 1. The van der Waals surface area contributed by atoms with E-state index in [2.05, 4.69) is 12.3 Å². The zero-order valence-electron chi connectivity index (χ0n) is 12.5. The topological polar surface area (TPSA) is 58.4 Å². The molecule has 0 unspecified atom stereocenters. The van der Waals surface area contributed by atoms with E-state index >= 15 is 0 Å². The Balaban J connectivity index is 2.07. The lowest BCUT2D eigenvalue weighted by Crippen LogP contribution is -2.38. The van der Waals surface area contributed by atoms with Gasteiger partial charge < -0.3 is 10.3 Å². The van der Waals surface area contributed by atoms with Crippen molar-refractivity contribution in [2.75, 3.05) is 18.5 Å². The lowest BCUT2D eigenvalue weighted by atomic mass is 9.92. The van der Waals surface area contributed by atoms with Crippen molar-refractivity contribution in [1.82, 2.24) is 4.90 Å². The average molecular weight is 275 g/mol. The summed E-state index contributed by atoms with van der Waals surface area (Å²) in [5, 5.41) is 0. The zero-order chi connectivity index (χ0) is 14.5. The van der Waals surface area contributed by atoms with Crippen LogP contribution in [-0.4, -0.2) is 23.9 Å². The van der Waals surface area contributed by atoms with E-state index in [1.807, 2.05) is 30.0 Å². The fraction of sp³-hybridized carbons (Fsp3) is 0.562. The number of rotatable bonds is 4. The molecule has 2 rings (SSSR count). The summed E-state index contributed by atoms with van der Waals surface area (Å²) >= 11 is 0. The summed E-state index contributed by atoms with van der Waals surface area (Å²) < 4.78 is 0. The predicted octanol–water partition coefficient (Wildman–Crippen LogP) is 2.93. The van der Waals surface area contributed by atoms with Gasteiger partial charge in [-0.05, 0) is 37.8 Å². The molecule has 1 aliphatic heterocycles. The molecule has 1 amide bonds. The monoisotopic (exact) mass is 275 g/mol. The van der Waals surface area contributed by atoms with E-state index in [1.165, 1.54) is 12.8 Å². The summed E-state index contributed by atoms with van der Waals surface area (Å²) in [6.45, 7) is 5.94. The van der Waals surface area contributed by atoms with Crippen LogP contribution in [0.1, 0.15) is 48.5 Å². The molecule has 0 bridgehead atoms. The van der Waals surface area contributed by atoms with Crippen LogP contribution < -0.4 is 11.3 Å². The maximum absolute atomic E-state index is 12.6. The molecule has 0 spiro atoms. The summed E-state index contributed by atoms with van der Waals surface area (Å²) in [4.78, 5) is 14.6. The van der Waals surface area contributed by atoms with Crippen molar-refractivity contribution < 1.29 is 4.79 Å². The number of aryl methyl sites for hydroxylation is 1. The standard InChI is InChI=1S/C16H25N3O/c1-3-4-13-7-9-19(10-8-13)16(20)14-11-12(2)5-6-15(14)18-17/h5-6,11,13,18H,3-4,7-10,17H2,1-2H3. The van der Waals surface area contributed by atoms with Gasteiger partial charge in [0.1, 0.15) is 0 Å². The van der Waals surface area contributed by atoms with Gasteiger partial charge in [0.15, 0.2) is 0 Å². The Morgan fingerprint density at radius 3 is 2.70 bits per heavy atom. The predicted molar refractivity (Wildman–Crippen MR) is 82.5 cm³/mol. The highest BCUT2D eigenvalue weighted by molar-refractivity contribution is 5.99. The van der Waals surface area contributed by atoms with Gasteiger partial charge in [0.25, 0.3) is 5.91 Å². The van der Waals surface area contributed by atoms with Gasteiger partial charge in [0.05, 0.1) is 11.3 Å². The fourth-order valence-corrected chi connectivity index (χ4v) is 2.96. The van der Waals surface area contributed by atoms with Crippen molar-refractivity contribution in [1.29, 1.82) is 0 Å². The third kappa shape index (κ3) is 3.31. The first-order valence-electron chi connectivity index (χ1n) is 7.52. The normalized spacial score (nSPS) is 16.2. The molecule has 0 radical (unpaired) electrons. The quantitative estimate of drug-likeness (QED) is 0.656. The first kappa shape index (κ1) is 14.9. The van der Waals surface area contributed by atoms with Crippen LogP contribution >= 0.6 is 0 Å². The summed E-state index contributed by atoms with van der Waals surface area (Å²) in [6, 6.07) is 5.74. The molecule has 1 aliphatic rings. The van der Waals surface area contributed by atoms with Gasteiger partial charge in [-0.3, -0.25) is 10.6 Å². The molecule has 1 aromatic rings. The van der Waals surface area contributed by atoms with Gasteiger partial charge in [0.2, 0.25) is 0 Å². The summed E-state index contributed by atoms with van der Waals surface area (Å²) in [5.74, 6) is 6.39. The van der Waals surface area contributed by atoms with Gasteiger partial charge >= 0.3 is 0 Å². The minimum absolute atomic E-state index is 0.0941. The SMILES string of the molecule is CCCC1CCN(C(=O)c2cc(C)ccc2NN)CC1. The van der Waals surface area contributed by atoms with E-state index in [4.69, 9.17) is 5.84 Å². The number of nitrogen functional groups attached to an aromatic ring is 1. The lowest BCUT2D eigenvalue weighted by molar-refractivity contribution is 0.0687. The number of nitrogens with zero attached hydrogens (tertiary/aromatic N) is 1. The summed E-state index contributed by atoms with van der Waals surface area (Å²) in [7, 11) is 0. The van der Waals surface area contributed by atoms with E-state index in [0.29, 0.717) is 11.3 Å². The molecule has 0 saturated carbocycles. The summed E-state index contributed by atoms with van der Waals surface area (Å²) in [5.41, 5.74) is 5.09. The third-order valence-corrected chi connectivity index (χ3v) is 4.16. The molecular weight excluding hydrogens is 250 g/mol. The molecule has 0 atom stereocenters. The third-order valence-electron chi connectivity index (χ3n) is 4.16. The molecule has 1 saturated heterocycles. The van der Waals surface area contributed by atoms with Crippen LogP contribution in [0.2, 0.25) is 0 Å². The highest BCUT2D eigenvalue weighted by atomic mass is 16.2. The van der Waals surface area contributed by atoms with Crippen LogP contribution in [0.5, 0.6) is 0 Å². The Morgan fingerprint density at radius 2 is 2.10 bits per heavy atom. The van der Waals surface area contributed by atoms with E-state index in [9.17, 15) is 4.79 Å². The largest absolute Gasteiger partial charge is 0.339 e. The van der Waals surface area contributed by atoms with Gasteiger partial charge in [0, 0.05) is 13.1 Å². The first-order chi connectivity index (χ1) is 9.65. The lowest BCUT2D eigenvalue weighted by Gasteiger charge is -2.32. The van der Waals surface area contributed by atoms with Gasteiger partial charge in [-0.2, -0.15) is 0 Å². The molecule has 1 aromatic carbocycles. The van der Waals surface area contributed by atoms with Crippen molar-refractivity contribution in [3.63, 3.8) is 0 Å². The molecule has 4 heteroatoms. The van der Waals surface area contributed by atoms with E-state index < -0.39 is 0 Å². The fourth-order valence-electron chi connectivity index (χ4n) is 2.96. The van der Waals surface area contributed by atoms with Crippen LogP contribution in [0.3, 0.4) is 0 Å². The number of benzene rings is 1. The van der Waals surface area contributed by atoms with Crippen molar-refractivity contribution in [3.8, 4) is 0 Å². The second kappa shape index (κ2) is 6.75. The summed E-state index contributed by atoms with van der Waals surface area (Å²) in [6.07, 6.45) is 4.76. The smallest absolute Gasteiger partial charge is 0.256 e. The molecule has 0 aromatic heterocycles. The molecule has 1 heterocycles. The Labute approximate surface area is 121 Å². The van der Waals surface area contributed by atoms with Gasteiger partial charge in [-0.1, -0.05) is 31.4 Å². The van der Waals surface area contributed by atoms with Gasteiger partial charge in [-0.25, -0.2) is 0 Å². The zero-order valence-corrected chi connectivity index (χ0v) is 12.5. The minimum Gasteiger partial charge on any atom is -0.339 e. The van der Waals surface area contributed by atoms with Crippen molar-refractivity contribution in [2.24, 2.45) is 11.8 Å². The number of hydrogen-bond donors (Lipinski definition) is 2. The molecular formula is C16H25N3O. The molecule has 110 valence electrons. The number of piperidine rings is 1. The maximum Gasteiger partial charge on any atom is 0.256 e. The van der Waals surface area contributed by atoms with Crippen LogP contribution in [0.25, 0.3) is 0 Å². The van der Waals surface area contributed by atoms with Crippen LogP contribution in [0.15, 0.2) is 18.2 Å². The molecule has 3 N–H and O–H groups in total. The van der Waals surface area contributed by atoms with Crippen LogP contribution in [-0.2, 0) is 0 Å². The Hall–Kier alpha value is -1.55. The number of hydrogen-bond acceptors (Lipinski definition) is 3. The molecule has 4 nitrogen and oxygen atoms in total. The number of amides is 1. The van der Waals surface area contributed by atoms with Crippen molar-refractivity contribution in [3.05, 3.63) is 29.3 Å². The number of carbonyl (C=O) groups excluding carboxylic acids is 1. The number of nitrogens with two attached hydrogens (primary N) is 1. The number of anilines is 1. The Bertz CT molecular complexity index is 465. The van der Waals surface area contributed by atoms with Crippen LogP contribution in [0, 0.1) is 12.8 Å². The Morgan fingerprint density at radius 1 is 1.40 bits per heavy atom. The molecule has 20 heavy (non-hydrogen) atoms. The molecule has 1 fully saturated rings. The molecule has 0 aliphatic carbocycles. The van der Waals surface area contributed by atoms with E-state index in [1.54, 1.807) is 0 Å². The Kier molecular flexibility index (Phi) is 5.01. The second-order valence-electron chi connectivity index (χ2n) is 5.72. The second-order valence-corrected chi connectivity index (χ2v) is 5.72. The highest BCUT2D eigenvalue weighted by Crippen LogP contribution is 2.25. The van der Waals surface area contributed by atoms with E-state index in [-0.39, 0.29) is 5.91 Å². The minimum atomic E-state index is 0.0941. The maximum atomic E-state index is 12.6.